The van der Waals surface area contributed by atoms with Gasteiger partial charge in [0.2, 0.25) is 10.0 Å². The first kappa shape index (κ1) is 18.1. The third-order valence-corrected chi connectivity index (χ3v) is 5.12. The molecule has 0 aromatic rings. The lowest BCUT2D eigenvalue weighted by molar-refractivity contribution is 0.188. The molecule has 0 spiro atoms. The number of hydrogen-bond acceptors (Lipinski definition) is 4. The molecule has 1 heterocycles. The summed E-state index contributed by atoms with van der Waals surface area (Å²) >= 11 is 0. The minimum absolute atomic E-state index is 0. The molecule has 1 fully saturated rings. The van der Waals surface area contributed by atoms with Gasteiger partial charge in [-0.1, -0.05) is 13.8 Å². The van der Waals surface area contributed by atoms with Crippen LogP contribution in [0.3, 0.4) is 0 Å². The van der Waals surface area contributed by atoms with E-state index in [1.807, 2.05) is 13.8 Å². The number of hydrogen-bond donors (Lipinski definition) is 1. The molecule has 0 aromatic heterocycles. The molecule has 5 nitrogen and oxygen atoms in total. The zero-order valence-corrected chi connectivity index (χ0v) is 13.0. The third-order valence-electron chi connectivity index (χ3n) is 3.15. The van der Waals surface area contributed by atoms with Gasteiger partial charge in [-0.25, -0.2) is 12.7 Å². The van der Waals surface area contributed by atoms with Gasteiger partial charge in [0.15, 0.2) is 0 Å². The lowest BCUT2D eigenvalue weighted by Crippen LogP contribution is -2.41. The van der Waals surface area contributed by atoms with E-state index in [1.165, 1.54) is 4.31 Å². The molecular weight excluding hydrogens is 276 g/mol. The second kappa shape index (κ2) is 7.05. The first-order valence-electron chi connectivity index (χ1n) is 5.99. The highest BCUT2D eigenvalue weighted by molar-refractivity contribution is 7.89. The summed E-state index contributed by atoms with van der Waals surface area (Å²) in [5, 5.41) is 0. The lowest BCUT2D eigenvalue weighted by Gasteiger charge is -2.29. The van der Waals surface area contributed by atoms with E-state index in [-0.39, 0.29) is 29.5 Å². The molecule has 0 aliphatic carbocycles. The van der Waals surface area contributed by atoms with E-state index in [0.29, 0.717) is 26.3 Å². The maximum Gasteiger partial charge on any atom is 0.214 e. The molecule has 0 amide bonds. The third kappa shape index (κ3) is 5.40. The maximum absolute atomic E-state index is 12.1. The highest BCUT2D eigenvalue weighted by Crippen LogP contribution is 2.20. The van der Waals surface area contributed by atoms with Gasteiger partial charge in [-0.15, -0.1) is 12.4 Å². The summed E-state index contributed by atoms with van der Waals surface area (Å²) in [5.74, 6) is 0.327. The summed E-state index contributed by atoms with van der Waals surface area (Å²) in [6, 6.07) is 0. The zero-order chi connectivity index (χ0) is 13.1. The van der Waals surface area contributed by atoms with E-state index >= 15 is 0 Å². The van der Waals surface area contributed by atoms with E-state index < -0.39 is 10.0 Å². The number of halogens is 1. The molecule has 1 saturated heterocycles. The van der Waals surface area contributed by atoms with Crippen LogP contribution in [0.5, 0.6) is 0 Å². The second-order valence-corrected chi connectivity index (χ2v) is 7.75. The quantitative estimate of drug-likeness (QED) is 0.783. The van der Waals surface area contributed by atoms with Gasteiger partial charge in [0.05, 0.1) is 12.4 Å². The fourth-order valence-electron chi connectivity index (χ4n) is 1.91. The lowest BCUT2D eigenvalue weighted by atomic mass is 9.94. The Hall–Kier alpha value is 0.120. The summed E-state index contributed by atoms with van der Waals surface area (Å²) in [6.07, 6.45) is 0.841. The molecule has 7 heteroatoms. The van der Waals surface area contributed by atoms with Crippen LogP contribution in [0, 0.1) is 11.3 Å². The van der Waals surface area contributed by atoms with Crippen molar-refractivity contribution in [1.82, 2.24) is 4.31 Å². The normalized spacial score (nSPS) is 21.1. The topological polar surface area (TPSA) is 72.6 Å². The molecule has 2 N–H and O–H groups in total. The van der Waals surface area contributed by atoms with Gasteiger partial charge < -0.3 is 10.5 Å². The molecule has 0 bridgehead atoms. The molecule has 1 rings (SSSR count). The average molecular weight is 301 g/mol. The fraction of sp³-hybridized carbons (Fsp3) is 1.00. The van der Waals surface area contributed by atoms with E-state index in [2.05, 4.69) is 0 Å². The molecule has 1 aliphatic rings. The van der Waals surface area contributed by atoms with Crippen LogP contribution in [0.4, 0.5) is 0 Å². The first-order valence-corrected chi connectivity index (χ1v) is 7.59. The minimum Gasteiger partial charge on any atom is -0.381 e. The fourth-order valence-corrected chi connectivity index (χ4v) is 3.56. The Bertz CT molecular complexity index is 340. The minimum atomic E-state index is -3.19. The van der Waals surface area contributed by atoms with Crippen LogP contribution in [0.25, 0.3) is 0 Å². The van der Waals surface area contributed by atoms with Crippen molar-refractivity contribution >= 4 is 22.4 Å². The largest absolute Gasteiger partial charge is 0.381 e. The van der Waals surface area contributed by atoms with Crippen molar-refractivity contribution in [3.05, 3.63) is 0 Å². The van der Waals surface area contributed by atoms with Crippen molar-refractivity contribution in [3.8, 4) is 0 Å². The number of nitrogens with two attached hydrogens (primary N) is 1. The summed E-state index contributed by atoms with van der Waals surface area (Å²) in [4.78, 5) is 0. The Kier molecular flexibility index (Phi) is 7.10. The number of rotatable bonds is 6. The second-order valence-electron chi connectivity index (χ2n) is 5.63. The Labute approximate surface area is 117 Å². The van der Waals surface area contributed by atoms with Crippen molar-refractivity contribution in [2.24, 2.45) is 17.1 Å². The summed E-state index contributed by atoms with van der Waals surface area (Å²) in [7, 11) is -1.56. The number of nitrogens with zero attached hydrogens (tertiary/aromatic N) is 1. The van der Waals surface area contributed by atoms with Crippen molar-refractivity contribution < 1.29 is 13.2 Å². The molecular formula is C11H25ClN2O3S. The predicted octanol–water partition coefficient (Wildman–Crippen LogP) is 0.691. The van der Waals surface area contributed by atoms with Crippen molar-refractivity contribution in [3.63, 3.8) is 0 Å². The molecule has 0 radical (unpaired) electrons. The van der Waals surface area contributed by atoms with Gasteiger partial charge in [0.25, 0.3) is 0 Å². The van der Waals surface area contributed by atoms with Gasteiger partial charge in [0, 0.05) is 20.2 Å². The van der Waals surface area contributed by atoms with Gasteiger partial charge in [-0.2, -0.15) is 0 Å². The van der Waals surface area contributed by atoms with Crippen LogP contribution in [0.1, 0.15) is 20.3 Å². The predicted molar refractivity (Wildman–Crippen MR) is 75.4 cm³/mol. The first-order chi connectivity index (χ1) is 7.77. The van der Waals surface area contributed by atoms with E-state index in [9.17, 15) is 8.42 Å². The highest BCUT2D eigenvalue weighted by Gasteiger charge is 2.29. The van der Waals surface area contributed by atoms with Crippen LogP contribution in [0.2, 0.25) is 0 Å². The van der Waals surface area contributed by atoms with Crippen LogP contribution in [-0.2, 0) is 14.8 Å². The van der Waals surface area contributed by atoms with Crippen molar-refractivity contribution in [2.45, 2.75) is 20.3 Å². The molecule has 0 aromatic carbocycles. The van der Waals surface area contributed by atoms with Gasteiger partial charge in [-0.3, -0.25) is 0 Å². The monoisotopic (exact) mass is 300 g/mol. The van der Waals surface area contributed by atoms with Gasteiger partial charge >= 0.3 is 0 Å². The maximum atomic E-state index is 12.1. The average Bonchev–Trinajstić information content (AvgIpc) is 2.69. The SMILES string of the molecule is CN(CC(C)(C)CN)S(=O)(=O)CC1CCOC1.Cl. The zero-order valence-electron chi connectivity index (χ0n) is 11.4. The Morgan fingerprint density at radius 1 is 1.44 bits per heavy atom. The Morgan fingerprint density at radius 2 is 2.06 bits per heavy atom. The Balaban J connectivity index is 0.00000289. The molecule has 18 heavy (non-hydrogen) atoms. The molecule has 1 atom stereocenters. The molecule has 110 valence electrons. The summed E-state index contributed by atoms with van der Waals surface area (Å²) < 4.78 is 30.8. The van der Waals surface area contributed by atoms with Gasteiger partial charge in [-0.05, 0) is 24.3 Å². The van der Waals surface area contributed by atoms with Gasteiger partial charge in [0.1, 0.15) is 0 Å². The molecule has 1 aliphatic heterocycles. The van der Waals surface area contributed by atoms with Crippen LogP contribution < -0.4 is 5.73 Å². The van der Waals surface area contributed by atoms with Crippen molar-refractivity contribution in [1.29, 1.82) is 0 Å². The summed E-state index contributed by atoms with van der Waals surface area (Å²) in [5.41, 5.74) is 5.43. The van der Waals surface area contributed by atoms with E-state index in [4.69, 9.17) is 10.5 Å². The van der Waals surface area contributed by atoms with Crippen molar-refractivity contribution in [2.75, 3.05) is 39.1 Å². The van der Waals surface area contributed by atoms with Crippen LogP contribution in [0.15, 0.2) is 0 Å². The van der Waals surface area contributed by atoms with E-state index in [1.54, 1.807) is 7.05 Å². The molecule has 0 saturated carbocycles. The number of ether oxygens (including phenoxy) is 1. The standard InChI is InChI=1S/C11H24N2O3S.ClH/c1-11(2,8-12)9-13(3)17(14,15)7-10-4-5-16-6-10;/h10H,4-9,12H2,1-3H3;1H. The highest BCUT2D eigenvalue weighted by atomic mass is 35.5. The number of sulfonamides is 1. The molecule has 1 unspecified atom stereocenters. The smallest absolute Gasteiger partial charge is 0.214 e. The van der Waals surface area contributed by atoms with E-state index in [0.717, 1.165) is 6.42 Å². The van der Waals surface area contributed by atoms with Crippen LogP contribution in [-0.4, -0.2) is 51.8 Å². The van der Waals surface area contributed by atoms with Crippen LogP contribution >= 0.6 is 12.4 Å². The summed E-state index contributed by atoms with van der Waals surface area (Å²) in [6.45, 7) is 6.11. The Morgan fingerprint density at radius 3 is 2.50 bits per heavy atom.